The van der Waals surface area contributed by atoms with E-state index in [4.69, 9.17) is 26.4 Å². The summed E-state index contributed by atoms with van der Waals surface area (Å²) in [6.45, 7) is 0. The van der Waals surface area contributed by atoms with Crippen molar-refractivity contribution < 1.29 is 23.4 Å². The topological polar surface area (TPSA) is 48.0 Å². The van der Waals surface area contributed by atoms with Gasteiger partial charge in [-0.1, -0.05) is 24.0 Å². The van der Waals surface area contributed by atoms with Crippen LogP contribution in [0.2, 0.25) is 0 Å². The number of thiocarbonyl (C=S) groups is 1. The van der Waals surface area contributed by atoms with E-state index in [1.807, 2.05) is 0 Å². The summed E-state index contributed by atoms with van der Waals surface area (Å²) < 4.78 is 29.5. The maximum Gasteiger partial charge on any atom is 0.270 e. The molecule has 0 unspecified atom stereocenters. The van der Waals surface area contributed by atoms with E-state index < -0.39 is 0 Å². The van der Waals surface area contributed by atoms with Crippen molar-refractivity contribution in [3.05, 3.63) is 52.7 Å². The normalized spacial score (nSPS) is 15.4. The Morgan fingerprint density at radius 2 is 1.63 bits per heavy atom. The second kappa shape index (κ2) is 7.98. The van der Waals surface area contributed by atoms with Crippen molar-refractivity contribution in [3.8, 4) is 17.2 Å². The maximum atomic E-state index is 13.1. The van der Waals surface area contributed by atoms with Crippen LogP contribution in [0.4, 0.5) is 10.1 Å². The predicted molar refractivity (Wildman–Crippen MR) is 108 cm³/mol. The minimum atomic E-state index is -0.378. The smallest absolute Gasteiger partial charge is 0.270 e. The highest BCUT2D eigenvalue weighted by molar-refractivity contribution is 8.27. The molecule has 0 aliphatic carbocycles. The number of thioether (sulfide) groups is 1. The number of nitrogens with zero attached hydrogens (tertiary/aromatic N) is 1. The van der Waals surface area contributed by atoms with Gasteiger partial charge in [-0.15, -0.1) is 0 Å². The largest absolute Gasteiger partial charge is 0.493 e. The van der Waals surface area contributed by atoms with Crippen LogP contribution in [-0.2, 0) is 4.79 Å². The van der Waals surface area contributed by atoms with Gasteiger partial charge in [0.05, 0.1) is 31.9 Å². The van der Waals surface area contributed by atoms with E-state index in [2.05, 4.69) is 0 Å². The molecular formula is C19H16FNO4S2. The Hall–Kier alpha value is -2.58. The Balaban J connectivity index is 1.97. The fraction of sp³-hybridized carbons (Fsp3) is 0.158. The number of benzene rings is 2. The Labute approximate surface area is 165 Å². The number of rotatable bonds is 5. The zero-order valence-electron chi connectivity index (χ0n) is 14.8. The van der Waals surface area contributed by atoms with Gasteiger partial charge < -0.3 is 14.2 Å². The van der Waals surface area contributed by atoms with Crippen LogP contribution >= 0.6 is 24.0 Å². The molecule has 1 amide bonds. The highest BCUT2D eigenvalue weighted by Gasteiger charge is 2.33. The van der Waals surface area contributed by atoms with Gasteiger partial charge in [-0.3, -0.25) is 9.69 Å². The molecule has 1 saturated heterocycles. The van der Waals surface area contributed by atoms with Gasteiger partial charge in [0.1, 0.15) is 5.82 Å². The van der Waals surface area contributed by atoms with Gasteiger partial charge >= 0.3 is 0 Å². The molecular weight excluding hydrogens is 389 g/mol. The number of methoxy groups -OCH3 is 3. The molecule has 140 valence electrons. The molecule has 1 aliphatic heterocycles. The number of anilines is 1. The molecule has 5 nitrogen and oxygen atoms in total. The summed E-state index contributed by atoms with van der Waals surface area (Å²) in [6.07, 6.45) is 1.70. The van der Waals surface area contributed by atoms with Crippen LogP contribution in [0.25, 0.3) is 6.08 Å². The lowest BCUT2D eigenvalue weighted by atomic mass is 10.1. The molecule has 0 spiro atoms. The summed E-state index contributed by atoms with van der Waals surface area (Å²) in [6, 6.07) is 9.09. The van der Waals surface area contributed by atoms with E-state index in [0.29, 0.717) is 37.7 Å². The number of carbonyl (C=O) groups excluding carboxylic acids is 1. The first kappa shape index (κ1) is 19.2. The lowest BCUT2D eigenvalue weighted by Gasteiger charge is -2.14. The molecule has 1 aliphatic rings. The Morgan fingerprint density at radius 1 is 1.04 bits per heavy atom. The number of ether oxygens (including phenoxy) is 3. The molecule has 3 rings (SSSR count). The van der Waals surface area contributed by atoms with Crippen LogP contribution in [0.3, 0.4) is 0 Å². The third-order valence-corrected chi connectivity index (χ3v) is 5.17. The Morgan fingerprint density at radius 3 is 2.15 bits per heavy atom. The summed E-state index contributed by atoms with van der Waals surface area (Å²) in [5.74, 6) is 0.785. The van der Waals surface area contributed by atoms with E-state index in [-0.39, 0.29) is 11.7 Å². The van der Waals surface area contributed by atoms with Gasteiger partial charge in [-0.25, -0.2) is 4.39 Å². The molecule has 2 aromatic carbocycles. The van der Waals surface area contributed by atoms with Crippen LogP contribution in [0.5, 0.6) is 17.2 Å². The van der Waals surface area contributed by atoms with E-state index in [1.54, 1.807) is 18.2 Å². The Bertz CT molecular complexity index is 903. The van der Waals surface area contributed by atoms with E-state index in [9.17, 15) is 9.18 Å². The van der Waals surface area contributed by atoms with Crippen molar-refractivity contribution in [1.29, 1.82) is 0 Å². The monoisotopic (exact) mass is 405 g/mol. The standard InChI is InChI=1S/C19H16FNO4S2/c1-23-14-8-11(9-15(24-2)17(14)25-3)10-16-18(22)21(19(26)27-16)13-6-4-12(20)5-7-13/h4-10H,1-3H3/b16-10-. The minimum Gasteiger partial charge on any atom is -0.493 e. The first-order chi connectivity index (χ1) is 13.0. The van der Waals surface area contributed by atoms with Crippen molar-refractivity contribution in [2.75, 3.05) is 26.2 Å². The highest BCUT2D eigenvalue weighted by Crippen LogP contribution is 2.41. The highest BCUT2D eigenvalue weighted by atomic mass is 32.2. The van der Waals surface area contributed by atoms with Crippen LogP contribution in [0.1, 0.15) is 5.56 Å². The number of hydrogen-bond acceptors (Lipinski definition) is 6. The van der Waals surface area contributed by atoms with Crippen LogP contribution in [0.15, 0.2) is 41.3 Å². The predicted octanol–water partition coefficient (Wildman–Crippen LogP) is 4.26. The van der Waals surface area contributed by atoms with Gasteiger partial charge in [0.2, 0.25) is 5.75 Å². The number of amides is 1. The molecule has 0 N–H and O–H groups in total. The van der Waals surface area contributed by atoms with Gasteiger partial charge in [-0.05, 0) is 48.0 Å². The van der Waals surface area contributed by atoms with Crippen molar-refractivity contribution in [2.24, 2.45) is 0 Å². The number of hydrogen-bond donors (Lipinski definition) is 0. The van der Waals surface area contributed by atoms with Crippen molar-refractivity contribution >= 4 is 46.0 Å². The molecule has 0 aromatic heterocycles. The quantitative estimate of drug-likeness (QED) is 0.547. The molecule has 0 saturated carbocycles. The lowest BCUT2D eigenvalue weighted by molar-refractivity contribution is -0.113. The molecule has 0 radical (unpaired) electrons. The third kappa shape index (κ3) is 3.77. The maximum absolute atomic E-state index is 13.1. The van der Waals surface area contributed by atoms with Crippen LogP contribution in [0, 0.1) is 5.82 Å². The number of halogens is 1. The molecule has 1 fully saturated rings. The van der Waals surface area contributed by atoms with Crippen molar-refractivity contribution in [3.63, 3.8) is 0 Å². The van der Waals surface area contributed by atoms with E-state index in [0.717, 1.165) is 0 Å². The molecule has 0 bridgehead atoms. The minimum absolute atomic E-state index is 0.273. The second-order valence-corrected chi connectivity index (χ2v) is 7.13. The summed E-state index contributed by atoms with van der Waals surface area (Å²) in [4.78, 5) is 14.6. The average molecular weight is 405 g/mol. The third-order valence-electron chi connectivity index (χ3n) is 3.86. The SMILES string of the molecule is COc1cc(/C=C2\SC(=S)N(c3ccc(F)cc3)C2=O)cc(OC)c1OC. The molecule has 2 aromatic rings. The van der Waals surface area contributed by atoms with Gasteiger partial charge in [0, 0.05) is 0 Å². The van der Waals surface area contributed by atoms with Crippen molar-refractivity contribution in [1.82, 2.24) is 0 Å². The fourth-order valence-electron chi connectivity index (χ4n) is 2.62. The summed E-state index contributed by atoms with van der Waals surface area (Å²) >= 11 is 6.50. The van der Waals surface area contributed by atoms with E-state index >= 15 is 0 Å². The van der Waals surface area contributed by atoms with Crippen LogP contribution in [-0.4, -0.2) is 31.6 Å². The molecule has 8 heteroatoms. The van der Waals surface area contributed by atoms with Gasteiger partial charge in [0.15, 0.2) is 15.8 Å². The summed E-state index contributed by atoms with van der Waals surface area (Å²) in [5, 5.41) is 0. The summed E-state index contributed by atoms with van der Waals surface area (Å²) in [5.41, 5.74) is 1.22. The molecule has 1 heterocycles. The van der Waals surface area contributed by atoms with Crippen molar-refractivity contribution in [2.45, 2.75) is 0 Å². The molecule has 0 atom stereocenters. The lowest BCUT2D eigenvalue weighted by Crippen LogP contribution is -2.27. The van der Waals surface area contributed by atoms with Gasteiger partial charge in [-0.2, -0.15) is 0 Å². The first-order valence-corrected chi connectivity index (χ1v) is 9.04. The zero-order valence-corrected chi connectivity index (χ0v) is 16.4. The summed E-state index contributed by atoms with van der Waals surface area (Å²) in [7, 11) is 4.57. The van der Waals surface area contributed by atoms with Gasteiger partial charge in [0.25, 0.3) is 5.91 Å². The fourth-order valence-corrected chi connectivity index (χ4v) is 3.92. The zero-order chi connectivity index (χ0) is 19.6. The Kier molecular flexibility index (Phi) is 5.67. The second-order valence-electron chi connectivity index (χ2n) is 5.45. The molecule has 27 heavy (non-hydrogen) atoms. The number of carbonyl (C=O) groups is 1. The average Bonchev–Trinajstić information content (AvgIpc) is 2.95. The van der Waals surface area contributed by atoms with E-state index in [1.165, 1.54) is 62.3 Å². The van der Waals surface area contributed by atoms with Crippen LogP contribution < -0.4 is 19.1 Å². The first-order valence-electron chi connectivity index (χ1n) is 7.82.